The second kappa shape index (κ2) is 9.48. The van der Waals surface area contributed by atoms with Crippen LogP contribution in [0, 0.1) is 17.8 Å². The number of aliphatic hydroxyl groups excluding tert-OH is 1. The Morgan fingerprint density at radius 1 is 1.14 bits per heavy atom. The zero-order valence-corrected chi connectivity index (χ0v) is 20.9. The minimum atomic E-state index is -0.805. The van der Waals surface area contributed by atoms with Crippen LogP contribution in [0.4, 0.5) is 5.69 Å². The van der Waals surface area contributed by atoms with Gasteiger partial charge in [-0.05, 0) is 30.0 Å². The number of benzene rings is 2. The fourth-order valence-electron chi connectivity index (χ4n) is 6.13. The number of para-hydroxylation sites is 1. The quantitative estimate of drug-likeness (QED) is 0.529. The lowest BCUT2D eigenvalue weighted by Crippen LogP contribution is -2.55. The predicted octanol–water partition coefficient (Wildman–Crippen LogP) is 2.92. The molecule has 2 aromatic rings. The number of fused-ring (bicyclic) bond motifs is 1. The highest BCUT2D eigenvalue weighted by atomic mass is 35.5. The first-order chi connectivity index (χ1) is 16.9. The van der Waals surface area contributed by atoms with E-state index in [1.807, 2.05) is 30.3 Å². The van der Waals surface area contributed by atoms with Crippen molar-refractivity contribution in [3.05, 3.63) is 65.2 Å². The highest BCUT2D eigenvalue weighted by Crippen LogP contribution is 2.68. The molecule has 9 heteroatoms. The Morgan fingerprint density at radius 3 is 2.57 bits per heavy atom. The topological polar surface area (TPSA) is 98.7 Å². The molecule has 0 radical (unpaired) electrons. The van der Waals surface area contributed by atoms with Gasteiger partial charge in [-0.1, -0.05) is 61.0 Å². The molecule has 1 spiro atoms. The third kappa shape index (κ3) is 3.92. The van der Waals surface area contributed by atoms with Gasteiger partial charge in [0.1, 0.15) is 6.04 Å². The van der Waals surface area contributed by atoms with Gasteiger partial charge in [-0.2, -0.15) is 0 Å². The van der Waals surface area contributed by atoms with E-state index in [1.54, 1.807) is 36.0 Å². The number of halogens is 1. The Labute approximate surface area is 213 Å². The van der Waals surface area contributed by atoms with E-state index in [2.05, 4.69) is 17.6 Å². The average molecular weight is 514 g/mol. The van der Waals surface area contributed by atoms with Crippen LogP contribution in [-0.4, -0.2) is 56.9 Å². The van der Waals surface area contributed by atoms with Crippen molar-refractivity contribution in [3.8, 4) is 0 Å². The molecule has 3 N–H and O–H groups in total. The number of anilines is 1. The number of aliphatic hydroxyl groups is 1. The minimum absolute atomic E-state index is 0.0357. The smallest absolute Gasteiger partial charge is 0.248 e. The Hall–Kier alpha value is -2.55. The predicted molar refractivity (Wildman–Crippen MR) is 136 cm³/mol. The van der Waals surface area contributed by atoms with Crippen LogP contribution in [0.2, 0.25) is 5.02 Å². The van der Waals surface area contributed by atoms with Gasteiger partial charge in [-0.3, -0.25) is 14.4 Å². The Morgan fingerprint density at radius 2 is 1.86 bits per heavy atom. The molecule has 6 atom stereocenters. The van der Waals surface area contributed by atoms with Gasteiger partial charge in [0, 0.05) is 18.3 Å². The van der Waals surface area contributed by atoms with Crippen LogP contribution in [0.1, 0.15) is 18.9 Å². The normalized spacial score (nSPS) is 30.9. The summed E-state index contributed by atoms with van der Waals surface area (Å²) in [6.07, 6.45) is 0.751. The number of thioether (sulfide) groups is 1. The van der Waals surface area contributed by atoms with Crippen molar-refractivity contribution in [1.29, 1.82) is 0 Å². The standard InChI is InChI=1S/C26H28ClN3O4S/c1-15-13-19-20(23(32)28-14-16-7-3-2-4-8-16)21-25(34)30(11-12-31)22(26(15,21)35-19)24(33)29-18-10-6-5-9-17(18)27/h2-10,15,19-22,31H,11-14H2,1H3,(H,28,32)(H,29,33)/t15?,19-,20+,21+,22?,26?/m1/s1. The molecule has 3 unspecified atom stereocenters. The van der Waals surface area contributed by atoms with E-state index in [1.165, 1.54) is 4.90 Å². The summed E-state index contributed by atoms with van der Waals surface area (Å²) in [6.45, 7) is 2.21. The molecular formula is C26H28ClN3O4S. The number of carbonyl (C=O) groups is 3. The first-order valence-electron chi connectivity index (χ1n) is 11.8. The fourth-order valence-corrected chi connectivity index (χ4v) is 8.74. The summed E-state index contributed by atoms with van der Waals surface area (Å²) in [5.41, 5.74) is 1.45. The molecule has 0 aliphatic carbocycles. The highest BCUT2D eigenvalue weighted by Gasteiger charge is 2.75. The van der Waals surface area contributed by atoms with Gasteiger partial charge in [0.05, 0.1) is 33.9 Å². The summed E-state index contributed by atoms with van der Waals surface area (Å²) in [5.74, 6) is -1.82. The van der Waals surface area contributed by atoms with Gasteiger partial charge in [-0.25, -0.2) is 0 Å². The second-order valence-electron chi connectivity index (χ2n) is 9.48. The summed E-state index contributed by atoms with van der Waals surface area (Å²) in [7, 11) is 0. The zero-order valence-electron chi connectivity index (χ0n) is 19.3. The average Bonchev–Trinajstić information content (AvgIpc) is 3.44. The summed E-state index contributed by atoms with van der Waals surface area (Å²) in [4.78, 5) is 42.3. The molecule has 2 bridgehead atoms. The summed E-state index contributed by atoms with van der Waals surface area (Å²) in [5, 5.41) is 16.0. The van der Waals surface area contributed by atoms with E-state index in [-0.39, 0.29) is 42.0 Å². The number of carbonyl (C=O) groups excluding carboxylic acids is 3. The van der Waals surface area contributed by atoms with E-state index in [4.69, 9.17) is 11.6 Å². The van der Waals surface area contributed by atoms with E-state index in [0.29, 0.717) is 17.3 Å². The molecule has 2 aromatic carbocycles. The van der Waals surface area contributed by atoms with E-state index >= 15 is 0 Å². The van der Waals surface area contributed by atoms with Crippen LogP contribution in [0.5, 0.6) is 0 Å². The zero-order chi connectivity index (χ0) is 24.7. The van der Waals surface area contributed by atoms with Crippen molar-refractivity contribution >= 4 is 46.8 Å². The van der Waals surface area contributed by atoms with Crippen LogP contribution >= 0.6 is 23.4 Å². The van der Waals surface area contributed by atoms with Crippen molar-refractivity contribution in [3.63, 3.8) is 0 Å². The number of amides is 3. The molecule has 0 aromatic heterocycles. The Bertz CT molecular complexity index is 1150. The molecule has 3 heterocycles. The number of nitrogens with one attached hydrogen (secondary N) is 2. The van der Waals surface area contributed by atoms with E-state index in [0.717, 1.165) is 12.0 Å². The molecule has 184 valence electrons. The molecule has 35 heavy (non-hydrogen) atoms. The van der Waals surface area contributed by atoms with E-state index in [9.17, 15) is 19.5 Å². The highest BCUT2D eigenvalue weighted by molar-refractivity contribution is 8.02. The Balaban J connectivity index is 1.45. The van der Waals surface area contributed by atoms with Gasteiger partial charge in [0.25, 0.3) is 0 Å². The van der Waals surface area contributed by atoms with Crippen molar-refractivity contribution in [1.82, 2.24) is 10.2 Å². The van der Waals surface area contributed by atoms with Crippen LogP contribution in [0.15, 0.2) is 54.6 Å². The largest absolute Gasteiger partial charge is 0.395 e. The Kier molecular flexibility index (Phi) is 6.55. The first-order valence-corrected chi connectivity index (χ1v) is 13.1. The SMILES string of the molecule is CC1C[C@H]2SC13C(C(=O)Nc1ccccc1Cl)N(CCO)C(=O)[C@@H]3[C@H]2C(=O)NCc1ccccc1. The van der Waals surface area contributed by atoms with Crippen LogP contribution < -0.4 is 10.6 Å². The molecule has 3 amide bonds. The third-order valence-corrected chi connectivity index (χ3v) is 9.98. The van der Waals surface area contributed by atoms with Crippen LogP contribution in [-0.2, 0) is 20.9 Å². The number of hydrogen-bond acceptors (Lipinski definition) is 5. The van der Waals surface area contributed by atoms with Gasteiger partial charge in [-0.15, -0.1) is 11.8 Å². The number of rotatable bonds is 7. The lowest BCUT2D eigenvalue weighted by atomic mass is 9.66. The lowest BCUT2D eigenvalue weighted by Gasteiger charge is -2.38. The van der Waals surface area contributed by atoms with E-state index < -0.39 is 22.6 Å². The summed E-state index contributed by atoms with van der Waals surface area (Å²) in [6, 6.07) is 15.8. The molecule has 3 aliphatic rings. The molecular weight excluding hydrogens is 486 g/mol. The maximum Gasteiger partial charge on any atom is 0.248 e. The molecule has 0 saturated carbocycles. The molecule has 3 saturated heterocycles. The minimum Gasteiger partial charge on any atom is -0.395 e. The summed E-state index contributed by atoms with van der Waals surface area (Å²) < 4.78 is -0.739. The monoisotopic (exact) mass is 513 g/mol. The van der Waals surface area contributed by atoms with Crippen LogP contribution in [0.25, 0.3) is 0 Å². The maximum absolute atomic E-state index is 13.7. The third-order valence-electron chi connectivity index (χ3n) is 7.58. The van der Waals surface area contributed by atoms with Crippen molar-refractivity contribution in [2.24, 2.45) is 17.8 Å². The number of β-amino-alcohol motifs (C(OH)–C–C–N with tert-alkyl or cyclic N) is 1. The number of likely N-dealkylation sites (tertiary alicyclic amines) is 1. The maximum atomic E-state index is 13.7. The van der Waals surface area contributed by atoms with Gasteiger partial charge in [0.2, 0.25) is 17.7 Å². The first kappa shape index (κ1) is 24.2. The summed E-state index contributed by atoms with van der Waals surface area (Å²) >= 11 is 7.88. The molecule has 3 fully saturated rings. The van der Waals surface area contributed by atoms with Crippen molar-refractivity contribution in [2.75, 3.05) is 18.5 Å². The fraction of sp³-hybridized carbons (Fsp3) is 0.423. The number of nitrogens with zero attached hydrogens (tertiary/aromatic N) is 1. The molecule has 5 rings (SSSR count). The molecule has 7 nitrogen and oxygen atoms in total. The van der Waals surface area contributed by atoms with Gasteiger partial charge < -0.3 is 20.6 Å². The second-order valence-corrected chi connectivity index (χ2v) is 11.4. The molecule has 3 aliphatic heterocycles. The van der Waals surface area contributed by atoms with Crippen LogP contribution in [0.3, 0.4) is 0 Å². The lowest BCUT2D eigenvalue weighted by molar-refractivity contribution is -0.140. The number of hydrogen-bond donors (Lipinski definition) is 3. The van der Waals surface area contributed by atoms with Gasteiger partial charge >= 0.3 is 0 Å². The van der Waals surface area contributed by atoms with Gasteiger partial charge in [0.15, 0.2) is 0 Å². The van der Waals surface area contributed by atoms with Crippen molar-refractivity contribution < 1.29 is 19.5 Å². The van der Waals surface area contributed by atoms with Crippen molar-refractivity contribution in [2.45, 2.75) is 35.9 Å².